The predicted octanol–water partition coefficient (Wildman–Crippen LogP) is 3.77. The van der Waals surface area contributed by atoms with E-state index in [4.69, 9.17) is 11.6 Å². The molecule has 0 spiro atoms. The number of methoxy groups -OCH3 is 1. The maximum atomic E-state index is 13.0. The second-order valence-electron chi connectivity index (χ2n) is 6.67. The summed E-state index contributed by atoms with van der Waals surface area (Å²) in [4.78, 5) is 11.9. The first-order chi connectivity index (χ1) is 12.9. The fraction of sp³-hybridized carbons (Fsp3) is 0.350. The number of hydrogen-bond acceptors (Lipinski definition) is 4. The molecule has 1 heterocycles. The molecule has 0 radical (unpaired) electrons. The van der Waals surface area contributed by atoms with E-state index in [1.54, 1.807) is 0 Å². The summed E-state index contributed by atoms with van der Waals surface area (Å²) >= 11 is 5.99. The topological polar surface area (TPSA) is 63.7 Å². The van der Waals surface area contributed by atoms with Gasteiger partial charge in [0.2, 0.25) is 10.0 Å². The van der Waals surface area contributed by atoms with E-state index in [0.29, 0.717) is 19.0 Å². The van der Waals surface area contributed by atoms with Crippen molar-refractivity contribution in [1.82, 2.24) is 4.31 Å². The summed E-state index contributed by atoms with van der Waals surface area (Å²) in [7, 11) is -2.44. The zero-order valence-corrected chi connectivity index (χ0v) is 16.7. The highest BCUT2D eigenvalue weighted by atomic mass is 35.5. The molecule has 27 heavy (non-hydrogen) atoms. The minimum atomic E-state index is -3.67. The molecule has 1 fully saturated rings. The Bertz CT molecular complexity index is 907. The molecule has 0 aromatic heterocycles. The highest BCUT2D eigenvalue weighted by Gasteiger charge is 2.30. The summed E-state index contributed by atoms with van der Waals surface area (Å²) in [5.74, 6) is -0.187. The average Bonchev–Trinajstić information content (AvgIpc) is 2.69. The molecule has 5 nitrogen and oxygen atoms in total. The molecule has 0 saturated carbocycles. The lowest BCUT2D eigenvalue weighted by atomic mass is 9.91. The number of carbonyl (C=O) groups is 1. The highest BCUT2D eigenvalue weighted by Crippen LogP contribution is 2.28. The predicted molar refractivity (Wildman–Crippen MR) is 104 cm³/mol. The molecule has 7 heteroatoms. The van der Waals surface area contributed by atoms with Gasteiger partial charge < -0.3 is 4.74 Å². The SMILES string of the molecule is COC(=O)c1cc(S(=O)(=O)N2CCC(Cc3ccccc3)CC2)ccc1Cl. The van der Waals surface area contributed by atoms with Crippen LogP contribution < -0.4 is 0 Å². The molecular formula is C20H22ClNO4S. The summed E-state index contributed by atoms with van der Waals surface area (Å²) < 4.78 is 32.1. The second kappa shape index (κ2) is 8.42. The number of rotatable bonds is 5. The van der Waals surface area contributed by atoms with E-state index in [9.17, 15) is 13.2 Å². The van der Waals surface area contributed by atoms with E-state index < -0.39 is 16.0 Å². The van der Waals surface area contributed by atoms with Crippen molar-refractivity contribution in [3.63, 3.8) is 0 Å². The number of halogens is 1. The maximum absolute atomic E-state index is 13.0. The van der Waals surface area contributed by atoms with E-state index in [2.05, 4.69) is 16.9 Å². The van der Waals surface area contributed by atoms with Crippen LogP contribution in [-0.4, -0.2) is 38.9 Å². The lowest BCUT2D eigenvalue weighted by Gasteiger charge is -2.31. The number of nitrogens with zero attached hydrogens (tertiary/aromatic N) is 1. The van der Waals surface area contributed by atoms with Gasteiger partial charge in [-0.1, -0.05) is 41.9 Å². The maximum Gasteiger partial charge on any atom is 0.339 e. The number of piperidine rings is 1. The molecule has 0 N–H and O–H groups in total. The zero-order chi connectivity index (χ0) is 19.4. The van der Waals surface area contributed by atoms with E-state index in [1.165, 1.54) is 35.2 Å². The molecule has 1 aliphatic heterocycles. The summed E-state index contributed by atoms with van der Waals surface area (Å²) in [6.07, 6.45) is 2.58. The van der Waals surface area contributed by atoms with Gasteiger partial charge in [-0.05, 0) is 48.9 Å². The number of carbonyl (C=O) groups excluding carboxylic acids is 1. The van der Waals surface area contributed by atoms with Crippen LogP contribution in [-0.2, 0) is 21.2 Å². The van der Waals surface area contributed by atoms with Gasteiger partial charge in [0.25, 0.3) is 0 Å². The van der Waals surface area contributed by atoms with Gasteiger partial charge in [-0.2, -0.15) is 4.31 Å². The van der Waals surface area contributed by atoms with E-state index >= 15 is 0 Å². The van der Waals surface area contributed by atoms with Crippen molar-refractivity contribution < 1.29 is 17.9 Å². The molecule has 0 aliphatic carbocycles. The third-order valence-electron chi connectivity index (χ3n) is 4.92. The van der Waals surface area contributed by atoms with Crippen molar-refractivity contribution in [2.45, 2.75) is 24.2 Å². The third kappa shape index (κ3) is 4.51. The standard InChI is InChI=1S/C20H22ClNO4S/c1-26-20(23)18-14-17(7-8-19(18)21)27(24,25)22-11-9-16(10-12-22)13-15-5-3-2-4-6-15/h2-8,14,16H,9-13H2,1H3. The molecular weight excluding hydrogens is 386 g/mol. The monoisotopic (exact) mass is 407 g/mol. The minimum absolute atomic E-state index is 0.0548. The average molecular weight is 408 g/mol. The Hall–Kier alpha value is -1.89. The van der Waals surface area contributed by atoms with Gasteiger partial charge >= 0.3 is 5.97 Å². The fourth-order valence-electron chi connectivity index (χ4n) is 3.38. The van der Waals surface area contributed by atoms with Crippen LogP contribution in [0.2, 0.25) is 5.02 Å². The Morgan fingerprint density at radius 1 is 1.15 bits per heavy atom. The van der Waals surface area contributed by atoms with Crippen LogP contribution >= 0.6 is 11.6 Å². The molecule has 0 atom stereocenters. The molecule has 1 aliphatic rings. The molecule has 144 valence electrons. The van der Waals surface area contributed by atoms with Crippen molar-refractivity contribution in [1.29, 1.82) is 0 Å². The smallest absolute Gasteiger partial charge is 0.339 e. The van der Waals surface area contributed by atoms with Gasteiger partial charge in [0.15, 0.2) is 0 Å². The molecule has 0 bridgehead atoms. The zero-order valence-electron chi connectivity index (χ0n) is 15.1. The molecule has 0 amide bonds. The molecule has 3 rings (SSSR count). The Morgan fingerprint density at radius 2 is 1.81 bits per heavy atom. The van der Waals surface area contributed by atoms with Crippen molar-refractivity contribution in [2.75, 3.05) is 20.2 Å². The minimum Gasteiger partial charge on any atom is -0.465 e. The van der Waals surface area contributed by atoms with Crippen LogP contribution in [0, 0.1) is 5.92 Å². The van der Waals surface area contributed by atoms with Crippen molar-refractivity contribution in [2.24, 2.45) is 5.92 Å². The number of ether oxygens (including phenoxy) is 1. The Balaban J connectivity index is 1.71. The molecule has 1 saturated heterocycles. The van der Waals surface area contributed by atoms with Gasteiger partial charge in [0.1, 0.15) is 0 Å². The molecule has 2 aromatic carbocycles. The Labute approximate surface area is 165 Å². The molecule has 0 unspecified atom stereocenters. The van der Waals surface area contributed by atoms with E-state index in [1.807, 2.05) is 18.2 Å². The fourth-order valence-corrected chi connectivity index (χ4v) is 5.07. The lowest BCUT2D eigenvalue weighted by molar-refractivity contribution is 0.0600. The van der Waals surface area contributed by atoms with E-state index in [0.717, 1.165) is 19.3 Å². The van der Waals surface area contributed by atoms with Crippen LogP contribution in [0.5, 0.6) is 0 Å². The van der Waals surface area contributed by atoms with Gasteiger partial charge in [0.05, 0.1) is 22.6 Å². The summed E-state index contributed by atoms with van der Waals surface area (Å²) in [6.45, 7) is 0.937. The number of esters is 1. The van der Waals surface area contributed by atoms with E-state index in [-0.39, 0.29) is 15.5 Å². The lowest BCUT2D eigenvalue weighted by Crippen LogP contribution is -2.38. The Kier molecular flexibility index (Phi) is 6.19. The van der Waals surface area contributed by atoms with Gasteiger partial charge in [-0.25, -0.2) is 13.2 Å². The summed E-state index contributed by atoms with van der Waals surface area (Å²) in [5, 5.41) is 0.169. The Morgan fingerprint density at radius 3 is 2.44 bits per heavy atom. The van der Waals surface area contributed by atoms with Gasteiger partial charge in [-0.3, -0.25) is 0 Å². The second-order valence-corrected chi connectivity index (χ2v) is 9.02. The van der Waals surface area contributed by atoms with Crippen LogP contribution in [0.1, 0.15) is 28.8 Å². The third-order valence-corrected chi connectivity index (χ3v) is 7.15. The normalized spacial score (nSPS) is 16.2. The first-order valence-corrected chi connectivity index (χ1v) is 10.7. The number of sulfonamides is 1. The summed E-state index contributed by atoms with van der Waals surface area (Å²) in [6, 6.07) is 14.4. The first kappa shape index (κ1) is 19.9. The number of hydrogen-bond donors (Lipinski definition) is 0. The van der Waals surface area contributed by atoms with Crippen LogP contribution in [0.25, 0.3) is 0 Å². The van der Waals surface area contributed by atoms with Gasteiger partial charge in [0, 0.05) is 13.1 Å². The van der Waals surface area contributed by atoms with Crippen LogP contribution in [0.4, 0.5) is 0 Å². The quantitative estimate of drug-likeness (QED) is 0.708. The van der Waals surface area contributed by atoms with Crippen molar-refractivity contribution in [3.8, 4) is 0 Å². The van der Waals surface area contributed by atoms with Crippen LogP contribution in [0.3, 0.4) is 0 Å². The molecule has 2 aromatic rings. The largest absolute Gasteiger partial charge is 0.465 e. The number of benzene rings is 2. The van der Waals surface area contributed by atoms with Gasteiger partial charge in [-0.15, -0.1) is 0 Å². The van der Waals surface area contributed by atoms with Crippen molar-refractivity contribution >= 4 is 27.6 Å². The highest BCUT2D eigenvalue weighted by molar-refractivity contribution is 7.89. The first-order valence-electron chi connectivity index (χ1n) is 8.83. The van der Waals surface area contributed by atoms with Crippen molar-refractivity contribution in [3.05, 3.63) is 64.7 Å². The summed E-state index contributed by atoms with van der Waals surface area (Å²) in [5.41, 5.74) is 1.33. The van der Waals surface area contributed by atoms with Crippen LogP contribution in [0.15, 0.2) is 53.4 Å².